The molecule has 154 valence electrons. The second-order valence-corrected chi connectivity index (χ2v) is 9.66. The molecule has 3 nitrogen and oxygen atoms in total. The molecule has 0 amide bonds. The lowest BCUT2D eigenvalue weighted by Crippen LogP contribution is -2.07. The number of hydrogen-bond donors (Lipinski definition) is 1. The molecule has 2 heterocycles. The van der Waals surface area contributed by atoms with E-state index in [0.717, 1.165) is 16.8 Å². The van der Waals surface area contributed by atoms with Crippen LogP contribution in [0.1, 0.15) is 37.3 Å². The predicted octanol–water partition coefficient (Wildman–Crippen LogP) is 7.71. The summed E-state index contributed by atoms with van der Waals surface area (Å²) in [6.07, 6.45) is 4.91. The van der Waals surface area contributed by atoms with Gasteiger partial charge in [-0.15, -0.1) is 11.3 Å². The molecule has 4 heteroatoms. The molecule has 6 rings (SSSR count). The van der Waals surface area contributed by atoms with E-state index in [2.05, 4.69) is 53.2 Å². The quantitative estimate of drug-likeness (QED) is 0.322. The number of fused-ring (bicyclic) bond motifs is 2. The molecule has 2 aromatic heterocycles. The summed E-state index contributed by atoms with van der Waals surface area (Å²) in [6, 6.07) is 23.5. The number of benzene rings is 3. The van der Waals surface area contributed by atoms with Crippen molar-refractivity contribution in [2.45, 2.75) is 38.6 Å². The van der Waals surface area contributed by atoms with Crippen LogP contribution in [0.4, 0.5) is 0 Å². The van der Waals surface area contributed by atoms with Gasteiger partial charge in [0.05, 0.1) is 11.6 Å². The van der Waals surface area contributed by atoms with E-state index in [9.17, 15) is 5.11 Å². The Bertz CT molecular complexity index is 1390. The van der Waals surface area contributed by atoms with Gasteiger partial charge >= 0.3 is 0 Å². The maximum absolute atomic E-state index is 9.91. The molecular formula is C27H24N2OS. The van der Waals surface area contributed by atoms with Crippen LogP contribution < -0.4 is 0 Å². The Labute approximate surface area is 185 Å². The highest BCUT2D eigenvalue weighted by molar-refractivity contribution is 7.22. The van der Waals surface area contributed by atoms with E-state index < -0.39 is 0 Å². The van der Waals surface area contributed by atoms with Crippen molar-refractivity contribution < 1.29 is 5.11 Å². The summed E-state index contributed by atoms with van der Waals surface area (Å²) < 4.78 is 3.62. The first kappa shape index (κ1) is 18.6. The average Bonchev–Trinajstić information content (AvgIpc) is 3.51. The molecule has 0 spiro atoms. The predicted molar refractivity (Wildman–Crippen MR) is 130 cm³/mol. The Balaban J connectivity index is 1.64. The minimum Gasteiger partial charge on any atom is -0.508 e. The van der Waals surface area contributed by atoms with Crippen LogP contribution in [0.3, 0.4) is 0 Å². The number of aryl methyl sites for hydroxylation is 1. The smallest absolute Gasteiger partial charge is 0.115 e. The van der Waals surface area contributed by atoms with Gasteiger partial charge in [0.1, 0.15) is 11.4 Å². The number of rotatable bonds is 3. The van der Waals surface area contributed by atoms with Gasteiger partial charge in [0.2, 0.25) is 0 Å². The van der Waals surface area contributed by atoms with E-state index in [4.69, 9.17) is 5.10 Å². The van der Waals surface area contributed by atoms with Crippen LogP contribution >= 0.6 is 11.3 Å². The fraction of sp³-hybridized carbons (Fsp3) is 0.222. The molecular weight excluding hydrogens is 400 g/mol. The number of hydrogen-bond acceptors (Lipinski definition) is 3. The normalized spacial score (nSPS) is 14.7. The summed E-state index contributed by atoms with van der Waals surface area (Å²) in [5.41, 5.74) is 5.66. The Kier molecular flexibility index (Phi) is 4.35. The van der Waals surface area contributed by atoms with Crippen molar-refractivity contribution in [3.05, 3.63) is 72.3 Å². The zero-order valence-corrected chi connectivity index (χ0v) is 18.3. The lowest BCUT2D eigenvalue weighted by molar-refractivity contribution is 0.475. The molecule has 1 saturated carbocycles. The number of para-hydroxylation sites is 1. The Morgan fingerprint density at radius 1 is 0.935 bits per heavy atom. The highest BCUT2D eigenvalue weighted by Gasteiger charge is 2.25. The third kappa shape index (κ3) is 3.05. The summed E-state index contributed by atoms with van der Waals surface area (Å²) >= 11 is 1.85. The van der Waals surface area contributed by atoms with Crippen molar-refractivity contribution in [3.63, 3.8) is 0 Å². The van der Waals surface area contributed by atoms with Crippen LogP contribution in [-0.4, -0.2) is 14.9 Å². The molecule has 1 aliphatic rings. The zero-order chi connectivity index (χ0) is 20.9. The van der Waals surface area contributed by atoms with E-state index in [1.807, 2.05) is 30.4 Å². The Morgan fingerprint density at radius 2 is 1.77 bits per heavy atom. The molecule has 3 aromatic carbocycles. The van der Waals surface area contributed by atoms with Gasteiger partial charge in [-0.2, -0.15) is 5.10 Å². The van der Waals surface area contributed by atoms with Crippen LogP contribution in [0.25, 0.3) is 42.7 Å². The monoisotopic (exact) mass is 424 g/mol. The van der Waals surface area contributed by atoms with Gasteiger partial charge in [0, 0.05) is 26.1 Å². The number of nitrogens with zero attached hydrogens (tertiary/aromatic N) is 2. The van der Waals surface area contributed by atoms with Gasteiger partial charge in [-0.1, -0.05) is 49.2 Å². The molecule has 0 saturated heterocycles. The van der Waals surface area contributed by atoms with Gasteiger partial charge in [-0.05, 0) is 61.0 Å². The van der Waals surface area contributed by atoms with Crippen LogP contribution in [0.2, 0.25) is 0 Å². The van der Waals surface area contributed by atoms with Crippen LogP contribution in [0.15, 0.2) is 66.7 Å². The molecule has 0 aliphatic heterocycles. The van der Waals surface area contributed by atoms with Gasteiger partial charge in [-0.3, -0.25) is 4.68 Å². The maximum atomic E-state index is 9.91. The second kappa shape index (κ2) is 7.24. The minimum atomic E-state index is 0.298. The molecule has 0 atom stereocenters. The van der Waals surface area contributed by atoms with Crippen molar-refractivity contribution in [1.82, 2.24) is 9.78 Å². The van der Waals surface area contributed by atoms with Crippen LogP contribution in [0, 0.1) is 6.92 Å². The molecule has 5 aromatic rings. The largest absolute Gasteiger partial charge is 0.508 e. The number of thiophene rings is 1. The third-order valence-corrected chi connectivity index (χ3v) is 7.70. The summed E-state index contributed by atoms with van der Waals surface area (Å²) in [6.45, 7) is 2.05. The first-order valence-electron chi connectivity index (χ1n) is 11.0. The van der Waals surface area contributed by atoms with Gasteiger partial charge < -0.3 is 5.11 Å². The van der Waals surface area contributed by atoms with Gasteiger partial charge in [0.25, 0.3) is 0 Å². The van der Waals surface area contributed by atoms with E-state index in [1.54, 1.807) is 6.07 Å². The molecule has 1 aliphatic carbocycles. The maximum Gasteiger partial charge on any atom is 0.115 e. The summed E-state index contributed by atoms with van der Waals surface area (Å²) in [5, 5.41) is 17.6. The first-order chi connectivity index (χ1) is 15.2. The Hall–Kier alpha value is -3.11. The van der Waals surface area contributed by atoms with Crippen LogP contribution in [-0.2, 0) is 0 Å². The van der Waals surface area contributed by atoms with Crippen molar-refractivity contribution in [1.29, 1.82) is 0 Å². The molecule has 0 radical (unpaired) electrons. The molecule has 0 unspecified atom stereocenters. The Morgan fingerprint density at radius 3 is 2.58 bits per heavy atom. The van der Waals surface area contributed by atoms with Gasteiger partial charge in [-0.25, -0.2) is 0 Å². The number of aromatic nitrogens is 2. The number of aromatic hydroxyl groups is 1. The SMILES string of the molecule is Cc1cc(O)ccc1-c1nn(C2CCCC2)c2c(-c3cc4ccccc4s3)cccc12. The average molecular weight is 425 g/mol. The van der Waals surface area contributed by atoms with E-state index >= 15 is 0 Å². The van der Waals surface area contributed by atoms with Crippen molar-refractivity contribution in [3.8, 4) is 27.4 Å². The van der Waals surface area contributed by atoms with E-state index in [-0.39, 0.29) is 0 Å². The highest BCUT2D eigenvalue weighted by Crippen LogP contribution is 2.43. The fourth-order valence-corrected chi connectivity index (χ4v) is 6.12. The van der Waals surface area contributed by atoms with Crippen molar-refractivity contribution in [2.24, 2.45) is 0 Å². The number of phenolic OH excluding ortho intramolecular Hbond substituents is 1. The van der Waals surface area contributed by atoms with E-state index in [0.29, 0.717) is 11.8 Å². The van der Waals surface area contributed by atoms with Crippen LogP contribution in [0.5, 0.6) is 5.75 Å². The lowest BCUT2D eigenvalue weighted by Gasteiger charge is -2.13. The van der Waals surface area contributed by atoms with Gasteiger partial charge in [0.15, 0.2) is 0 Å². The zero-order valence-electron chi connectivity index (χ0n) is 17.5. The highest BCUT2D eigenvalue weighted by atomic mass is 32.1. The molecule has 31 heavy (non-hydrogen) atoms. The fourth-order valence-electron chi connectivity index (χ4n) is 5.03. The number of phenols is 1. The summed E-state index contributed by atoms with van der Waals surface area (Å²) in [4.78, 5) is 1.29. The third-order valence-electron chi connectivity index (χ3n) is 6.55. The standard InChI is InChI=1S/C27H24N2OS/c1-17-15-20(30)13-14-21(17)26-23-11-6-10-22(25-16-18-7-2-5-12-24(18)31-25)27(23)29(28-26)19-8-3-4-9-19/h2,5-7,10-16,19,30H,3-4,8-9H2,1H3. The topological polar surface area (TPSA) is 38.1 Å². The minimum absolute atomic E-state index is 0.298. The van der Waals surface area contributed by atoms with E-state index in [1.165, 1.54) is 57.1 Å². The summed E-state index contributed by atoms with van der Waals surface area (Å²) in [7, 11) is 0. The van der Waals surface area contributed by atoms with Crippen molar-refractivity contribution in [2.75, 3.05) is 0 Å². The lowest BCUT2D eigenvalue weighted by atomic mass is 10.0. The molecule has 1 N–H and O–H groups in total. The summed E-state index contributed by atoms with van der Waals surface area (Å²) in [5.74, 6) is 0.298. The first-order valence-corrected chi connectivity index (χ1v) is 11.8. The second-order valence-electron chi connectivity index (χ2n) is 8.58. The molecule has 0 bridgehead atoms. The van der Waals surface area contributed by atoms with Crippen molar-refractivity contribution >= 4 is 32.3 Å². The molecule has 1 fully saturated rings.